The molecule has 18 nitrogen and oxygen atoms in total. The zero-order chi connectivity index (χ0) is 61.3. The number of hydrogen-bond donors (Lipinski definition) is 7. The van der Waals surface area contributed by atoms with E-state index in [1.165, 1.54) is 12.2 Å². The van der Waals surface area contributed by atoms with Gasteiger partial charge in [0, 0.05) is 50.4 Å². The second-order valence-electron chi connectivity index (χ2n) is 23.4. The van der Waals surface area contributed by atoms with Crippen molar-refractivity contribution in [2.75, 3.05) is 19.8 Å². The maximum Gasteiger partial charge on any atom is 0.325 e. The number of carbonyl (C=O) groups is 5. The highest BCUT2D eigenvalue weighted by Crippen LogP contribution is 2.23. The van der Waals surface area contributed by atoms with Crippen LogP contribution in [0.2, 0.25) is 0 Å². The maximum absolute atomic E-state index is 12.8. The van der Waals surface area contributed by atoms with Gasteiger partial charge in [-0.1, -0.05) is 111 Å². The number of esters is 2. The average Bonchev–Trinajstić information content (AvgIpc) is 4.29. The van der Waals surface area contributed by atoms with Crippen LogP contribution in [0.4, 0.5) is 0 Å². The summed E-state index contributed by atoms with van der Waals surface area (Å²) in [5, 5.41) is 18.6. The molecule has 0 aromatic heterocycles. The molecule has 2 aliphatic rings. The van der Waals surface area contributed by atoms with Crippen LogP contribution < -0.4 is 32.6 Å². The van der Waals surface area contributed by atoms with E-state index in [1.54, 1.807) is 48.8 Å². The molecule has 0 bridgehead atoms. The van der Waals surface area contributed by atoms with Gasteiger partial charge in [0.1, 0.15) is 30.6 Å². The normalized spacial score (nSPS) is 15.0. The fourth-order valence-corrected chi connectivity index (χ4v) is 8.34. The second-order valence-corrected chi connectivity index (χ2v) is 23.4. The zero-order valence-electron chi connectivity index (χ0n) is 50.9. The molecule has 18 heteroatoms. The van der Waals surface area contributed by atoms with Crippen molar-refractivity contribution in [3.8, 4) is 0 Å². The summed E-state index contributed by atoms with van der Waals surface area (Å²) in [4.78, 5) is 63.6. The molecule has 2 saturated carbocycles. The molecule has 0 aliphatic heterocycles. The van der Waals surface area contributed by atoms with Gasteiger partial charge < -0.3 is 34.7 Å². The monoisotopic (exact) mass is 1160 g/mol. The first-order chi connectivity index (χ1) is 40.1. The summed E-state index contributed by atoms with van der Waals surface area (Å²) in [5.41, 5.74) is 16.7. The van der Waals surface area contributed by atoms with Gasteiger partial charge in [-0.2, -0.15) is 0 Å². The Bertz CT molecular complexity index is 2600. The van der Waals surface area contributed by atoms with Crippen LogP contribution in [0.5, 0.6) is 0 Å². The van der Waals surface area contributed by atoms with Crippen molar-refractivity contribution < 1.29 is 57.7 Å². The lowest BCUT2D eigenvalue weighted by molar-refractivity contribution is -0.180. The summed E-state index contributed by atoms with van der Waals surface area (Å²) in [5.74, 6) is -0.986. The van der Waals surface area contributed by atoms with Crippen LogP contribution in [-0.4, -0.2) is 96.9 Å². The van der Waals surface area contributed by atoms with E-state index in [0.29, 0.717) is 50.9 Å². The van der Waals surface area contributed by atoms with Crippen molar-refractivity contribution in [3.05, 3.63) is 154 Å². The molecule has 0 heterocycles. The van der Waals surface area contributed by atoms with Crippen molar-refractivity contribution in [1.82, 2.24) is 26.9 Å². The van der Waals surface area contributed by atoms with E-state index >= 15 is 0 Å². The summed E-state index contributed by atoms with van der Waals surface area (Å²) in [7, 11) is 0. The number of ether oxygens (including phenoxy) is 5. The summed E-state index contributed by atoms with van der Waals surface area (Å²) in [6, 6.07) is 30.1. The summed E-state index contributed by atoms with van der Waals surface area (Å²) in [6.45, 7) is 21.9. The molecule has 4 aromatic carbocycles. The van der Waals surface area contributed by atoms with Crippen LogP contribution in [-0.2, 0) is 80.4 Å². The number of hydrogen-bond acceptors (Lipinski definition) is 16. The topological polar surface area (TPSA) is 247 Å². The molecule has 1 unspecified atom stereocenters. The van der Waals surface area contributed by atoms with Crippen LogP contribution in [0.25, 0.3) is 12.2 Å². The summed E-state index contributed by atoms with van der Waals surface area (Å²) in [6.07, 6.45) is 14.6. The van der Waals surface area contributed by atoms with E-state index in [4.69, 9.17) is 39.5 Å². The third-order valence-corrected chi connectivity index (χ3v) is 13.2. The van der Waals surface area contributed by atoms with Crippen molar-refractivity contribution in [2.24, 2.45) is 11.7 Å². The number of aldehydes is 1. The van der Waals surface area contributed by atoms with Crippen molar-refractivity contribution in [3.63, 3.8) is 0 Å². The van der Waals surface area contributed by atoms with Gasteiger partial charge >= 0.3 is 11.9 Å². The molecular formula is C66H94N6O12. The lowest BCUT2D eigenvalue weighted by atomic mass is 10.1. The van der Waals surface area contributed by atoms with E-state index in [1.807, 2.05) is 104 Å². The predicted octanol–water partition coefficient (Wildman–Crippen LogP) is 9.74. The van der Waals surface area contributed by atoms with Gasteiger partial charge in [0.25, 0.3) is 11.8 Å². The van der Waals surface area contributed by atoms with Gasteiger partial charge in [0.15, 0.2) is 6.29 Å². The molecule has 2 fully saturated rings. The third-order valence-electron chi connectivity index (χ3n) is 13.2. The molecule has 4 aromatic rings. The number of rotatable bonds is 29. The number of nitrogens with two attached hydrogens (primary N) is 1. The standard InChI is InChI=1S/C30H41N3O5.C20H32N2O3.C16H21NO4/c1-30(2,3)37-21-27(29(35)38-26-6-4-5-7-26)32-20-25-14-12-24(13-15-25)19-31-18-23-10-8-22(9-11-23)16-17-28(34)33-36;1-20(2,3)24-14-18(19(23)25-17-6-4-5-7-17)22-13-16-10-8-15(12-21)9-11-16;1-12(2)11-20-13(3)21-17-16(19)9-8-14-4-6-15(10-18)7-5-14/h8-17,26-27,31-32,36H,4-7,18-21H2,1-3H3,(H,33,34);8-11,17-18,22H,4-7,12-14,21H2,1-3H3;4-10,12-13H,11H2,1-3H3,(H,17,19)/b17-16+;;9-8+/t27-;18-;/m00./s1. The highest BCUT2D eigenvalue weighted by Gasteiger charge is 2.29. The summed E-state index contributed by atoms with van der Waals surface area (Å²) >= 11 is 0. The molecule has 2 amide bonds. The first-order valence-corrected chi connectivity index (χ1v) is 29.3. The number of amides is 2. The Morgan fingerprint density at radius 2 is 0.940 bits per heavy atom. The van der Waals surface area contributed by atoms with E-state index in [2.05, 4.69) is 45.7 Å². The Kier molecular flexibility index (Phi) is 31.5. The predicted molar refractivity (Wildman–Crippen MR) is 326 cm³/mol. The average molecular weight is 1160 g/mol. The Hall–Kier alpha value is -6.45. The quantitative estimate of drug-likeness (QED) is 0.00668. The van der Waals surface area contributed by atoms with Crippen molar-refractivity contribution >= 4 is 42.2 Å². The van der Waals surface area contributed by atoms with Crippen molar-refractivity contribution in [1.29, 1.82) is 0 Å². The van der Waals surface area contributed by atoms with Gasteiger partial charge in [-0.15, -0.1) is 0 Å². The van der Waals surface area contributed by atoms with Gasteiger partial charge in [-0.3, -0.25) is 39.8 Å². The summed E-state index contributed by atoms with van der Waals surface area (Å²) < 4.78 is 28.5. The van der Waals surface area contributed by atoms with Crippen LogP contribution in [0.3, 0.4) is 0 Å². The highest BCUT2D eigenvalue weighted by atomic mass is 16.8. The lowest BCUT2D eigenvalue weighted by Crippen LogP contribution is -2.44. The SMILES string of the molecule is CC(C)(C)OC[C@H](NCc1ccc(CN)cc1)C(=O)OC1CCCC1.CC(C)(C)OC[C@H](NCc1ccc(CNCc2ccc(/C=C/C(=O)NO)cc2)cc1)C(=O)OC1CCCC1.CC(C)COC(C)ONC(=O)/C=C/c1ccc(C=O)cc1. The molecule has 3 atom stereocenters. The van der Waals surface area contributed by atoms with E-state index < -0.39 is 24.3 Å². The number of nitrogens with one attached hydrogen (secondary N) is 5. The fourth-order valence-electron chi connectivity index (χ4n) is 8.34. The minimum absolute atomic E-state index is 0.0306. The fraction of sp³-hybridized carbons (Fsp3) is 0.500. The second kappa shape index (κ2) is 37.8. The van der Waals surface area contributed by atoms with Gasteiger partial charge in [-0.05, 0) is 157 Å². The van der Waals surface area contributed by atoms with Gasteiger partial charge in [-0.25, -0.2) is 15.8 Å². The Balaban J connectivity index is 0.000000286. The number of carbonyl (C=O) groups excluding carboxylic acids is 5. The van der Waals surface area contributed by atoms with Crippen LogP contribution in [0.15, 0.2) is 109 Å². The van der Waals surface area contributed by atoms with E-state index in [0.717, 1.165) is 103 Å². The minimum Gasteiger partial charge on any atom is -0.461 e. The molecule has 460 valence electrons. The largest absolute Gasteiger partial charge is 0.461 e. The van der Waals surface area contributed by atoms with Crippen LogP contribution in [0, 0.1) is 5.92 Å². The molecule has 0 radical (unpaired) electrons. The molecule has 2 aliphatic carbocycles. The van der Waals surface area contributed by atoms with Crippen LogP contribution >= 0.6 is 0 Å². The maximum atomic E-state index is 12.8. The Morgan fingerprint density at radius 3 is 1.33 bits per heavy atom. The van der Waals surface area contributed by atoms with Gasteiger partial charge in [0.2, 0.25) is 0 Å². The molecule has 0 spiro atoms. The number of benzene rings is 4. The first kappa shape index (κ1) is 70.0. The minimum atomic E-state index is -0.561. The lowest BCUT2D eigenvalue weighted by Gasteiger charge is -2.25. The molecule has 84 heavy (non-hydrogen) atoms. The molecule has 6 rings (SSSR count). The Morgan fingerprint density at radius 1 is 0.560 bits per heavy atom. The molecule has 8 N–H and O–H groups in total. The molecular weight excluding hydrogens is 1070 g/mol. The van der Waals surface area contributed by atoms with Crippen LogP contribution in [0.1, 0.15) is 163 Å². The van der Waals surface area contributed by atoms with Crippen molar-refractivity contribution in [2.45, 2.75) is 188 Å². The first-order valence-electron chi connectivity index (χ1n) is 29.3. The highest BCUT2D eigenvalue weighted by molar-refractivity contribution is 5.91. The van der Waals surface area contributed by atoms with Gasteiger partial charge in [0.05, 0.1) is 31.0 Å². The third kappa shape index (κ3) is 30.4. The smallest absolute Gasteiger partial charge is 0.325 e. The van der Waals surface area contributed by atoms with E-state index in [-0.39, 0.29) is 47.9 Å². The Labute approximate surface area is 498 Å². The number of hydroxylamine groups is 2. The molecule has 0 saturated heterocycles. The zero-order valence-corrected chi connectivity index (χ0v) is 50.9. The van der Waals surface area contributed by atoms with E-state index in [9.17, 15) is 24.0 Å².